The number of aromatic nitrogens is 3. The summed E-state index contributed by atoms with van der Waals surface area (Å²) < 4.78 is 1.95. The van der Waals surface area contributed by atoms with Gasteiger partial charge in [-0.15, -0.1) is 5.10 Å². The summed E-state index contributed by atoms with van der Waals surface area (Å²) in [5, 5.41) is 8.03. The maximum Gasteiger partial charge on any atom is 0.247 e. The zero-order valence-electron chi connectivity index (χ0n) is 15.6. The van der Waals surface area contributed by atoms with Gasteiger partial charge >= 0.3 is 0 Å². The van der Waals surface area contributed by atoms with Crippen molar-refractivity contribution in [3.8, 4) is 11.4 Å². The van der Waals surface area contributed by atoms with Gasteiger partial charge in [-0.2, -0.15) is 4.98 Å². The van der Waals surface area contributed by atoms with Crippen molar-refractivity contribution < 1.29 is 0 Å². The van der Waals surface area contributed by atoms with E-state index >= 15 is 0 Å². The Bertz CT molecular complexity index is 1020. The highest BCUT2D eigenvalue weighted by Crippen LogP contribution is 2.22. The van der Waals surface area contributed by atoms with Crippen molar-refractivity contribution in [2.24, 2.45) is 0 Å². The minimum Gasteiger partial charge on any atom is -0.323 e. The fourth-order valence-corrected chi connectivity index (χ4v) is 2.94. The minimum absolute atomic E-state index is 0.602. The molecule has 134 valence electrons. The molecule has 27 heavy (non-hydrogen) atoms. The van der Waals surface area contributed by atoms with Crippen LogP contribution in [0.1, 0.15) is 16.7 Å². The van der Waals surface area contributed by atoms with E-state index in [-0.39, 0.29) is 0 Å². The highest BCUT2D eigenvalue weighted by molar-refractivity contribution is 5.60. The summed E-state index contributed by atoms with van der Waals surface area (Å²) in [5.41, 5.74) is 5.68. The van der Waals surface area contributed by atoms with Gasteiger partial charge in [0.25, 0.3) is 0 Å². The molecule has 0 radical (unpaired) electrons. The van der Waals surface area contributed by atoms with Crippen LogP contribution in [0.5, 0.6) is 0 Å². The third-order valence-corrected chi connectivity index (χ3v) is 4.46. The van der Waals surface area contributed by atoms with Gasteiger partial charge in [0.15, 0.2) is 5.82 Å². The summed E-state index contributed by atoms with van der Waals surface area (Å²) in [6, 6.07) is 26.9. The normalized spacial score (nSPS) is 10.7. The molecular weight excluding hydrogens is 332 g/mol. The molecule has 1 heterocycles. The molecule has 0 aliphatic rings. The molecule has 1 aromatic heterocycles. The van der Waals surface area contributed by atoms with Crippen molar-refractivity contribution in [1.29, 1.82) is 0 Å². The summed E-state index contributed by atoms with van der Waals surface area (Å²) in [6.45, 7) is 4.83. The molecule has 4 aromatic rings. The Balaban J connectivity index is 1.69. The molecule has 0 atom stereocenters. The maximum atomic E-state index is 4.76. The molecule has 0 aliphatic carbocycles. The molecule has 0 unspecified atom stereocenters. The molecule has 3 aromatic carbocycles. The molecule has 0 amide bonds. The fourth-order valence-electron chi connectivity index (χ4n) is 2.94. The van der Waals surface area contributed by atoms with E-state index in [1.54, 1.807) is 0 Å². The highest BCUT2D eigenvalue weighted by Gasteiger charge is 2.13. The predicted molar refractivity (Wildman–Crippen MR) is 110 cm³/mol. The molecule has 1 N–H and O–H groups in total. The van der Waals surface area contributed by atoms with Crippen LogP contribution in [0.2, 0.25) is 0 Å². The van der Waals surface area contributed by atoms with E-state index in [4.69, 9.17) is 10.1 Å². The van der Waals surface area contributed by atoms with Crippen molar-refractivity contribution in [1.82, 2.24) is 14.8 Å². The maximum absolute atomic E-state index is 4.76. The highest BCUT2D eigenvalue weighted by atomic mass is 15.4. The molecule has 0 bridgehead atoms. The third kappa shape index (κ3) is 4.06. The van der Waals surface area contributed by atoms with Crippen molar-refractivity contribution in [3.05, 3.63) is 95.6 Å². The number of nitrogens with zero attached hydrogens (tertiary/aromatic N) is 3. The van der Waals surface area contributed by atoms with Gasteiger partial charge in [-0.3, -0.25) is 0 Å². The van der Waals surface area contributed by atoms with Gasteiger partial charge in [-0.25, -0.2) is 4.68 Å². The largest absolute Gasteiger partial charge is 0.323 e. The van der Waals surface area contributed by atoms with Gasteiger partial charge in [0.1, 0.15) is 0 Å². The first kappa shape index (κ1) is 17.0. The first-order chi connectivity index (χ1) is 13.2. The molecular formula is C23H22N4. The van der Waals surface area contributed by atoms with Crippen molar-refractivity contribution in [2.75, 3.05) is 5.32 Å². The third-order valence-electron chi connectivity index (χ3n) is 4.46. The van der Waals surface area contributed by atoms with Crippen LogP contribution in [0.4, 0.5) is 11.6 Å². The second-order valence-corrected chi connectivity index (χ2v) is 6.76. The first-order valence-electron chi connectivity index (χ1n) is 9.07. The lowest BCUT2D eigenvalue weighted by atomic mass is 10.1. The van der Waals surface area contributed by atoms with Gasteiger partial charge in [0.2, 0.25) is 5.95 Å². The van der Waals surface area contributed by atoms with E-state index < -0.39 is 0 Å². The number of hydrogen-bond donors (Lipinski definition) is 1. The average molecular weight is 354 g/mol. The lowest BCUT2D eigenvalue weighted by Crippen LogP contribution is -2.04. The molecule has 0 fully saturated rings. The number of anilines is 2. The minimum atomic E-state index is 0.602. The first-order valence-corrected chi connectivity index (χ1v) is 9.07. The standard InChI is InChI=1S/C23H22N4/c1-17-8-12-20(13-9-17)22-25-23(24-21-14-10-18(2)11-15-21)26-27(22)16-19-6-4-3-5-7-19/h3-15H,16H2,1-2H3,(H,24,26). The van der Waals surface area contributed by atoms with Gasteiger partial charge in [-0.1, -0.05) is 77.9 Å². The number of hydrogen-bond acceptors (Lipinski definition) is 3. The van der Waals surface area contributed by atoms with E-state index in [9.17, 15) is 0 Å². The van der Waals surface area contributed by atoms with Crippen LogP contribution < -0.4 is 5.32 Å². The second-order valence-electron chi connectivity index (χ2n) is 6.76. The molecule has 0 saturated heterocycles. The van der Waals surface area contributed by atoms with Gasteiger partial charge in [0.05, 0.1) is 6.54 Å². The summed E-state index contributed by atoms with van der Waals surface area (Å²) in [4.78, 5) is 4.76. The average Bonchev–Trinajstić information content (AvgIpc) is 3.07. The number of nitrogens with one attached hydrogen (secondary N) is 1. The lowest BCUT2D eigenvalue weighted by molar-refractivity contribution is 0.695. The van der Waals surface area contributed by atoms with E-state index in [0.29, 0.717) is 12.5 Å². The lowest BCUT2D eigenvalue weighted by Gasteiger charge is -2.06. The SMILES string of the molecule is Cc1ccc(Nc2nc(-c3ccc(C)cc3)n(Cc3ccccc3)n2)cc1. The second kappa shape index (κ2) is 7.46. The fraction of sp³-hybridized carbons (Fsp3) is 0.130. The Morgan fingerprint density at radius 2 is 1.41 bits per heavy atom. The molecule has 0 spiro atoms. The monoisotopic (exact) mass is 354 g/mol. The van der Waals surface area contributed by atoms with Crippen LogP contribution >= 0.6 is 0 Å². The zero-order valence-corrected chi connectivity index (χ0v) is 15.6. The number of benzene rings is 3. The van der Waals surface area contributed by atoms with Crippen LogP contribution in [-0.4, -0.2) is 14.8 Å². The molecule has 0 saturated carbocycles. The van der Waals surface area contributed by atoms with Crippen molar-refractivity contribution >= 4 is 11.6 Å². The topological polar surface area (TPSA) is 42.7 Å². The van der Waals surface area contributed by atoms with E-state index in [1.165, 1.54) is 16.7 Å². The smallest absolute Gasteiger partial charge is 0.247 e. The van der Waals surface area contributed by atoms with Crippen LogP contribution in [-0.2, 0) is 6.54 Å². The number of aryl methyl sites for hydroxylation is 2. The Labute approximate surface area is 159 Å². The van der Waals surface area contributed by atoms with Crippen LogP contribution in [0.25, 0.3) is 11.4 Å². The van der Waals surface area contributed by atoms with Gasteiger partial charge in [-0.05, 0) is 31.5 Å². The Morgan fingerprint density at radius 3 is 2.07 bits per heavy atom. The Hall–Kier alpha value is -3.40. The van der Waals surface area contributed by atoms with Crippen molar-refractivity contribution in [3.63, 3.8) is 0 Å². The summed E-state index contributed by atoms with van der Waals surface area (Å²) in [5.74, 6) is 1.46. The predicted octanol–water partition coefficient (Wildman–Crippen LogP) is 5.35. The van der Waals surface area contributed by atoms with E-state index in [0.717, 1.165) is 17.1 Å². The summed E-state index contributed by atoms with van der Waals surface area (Å²) in [6.07, 6.45) is 0. The summed E-state index contributed by atoms with van der Waals surface area (Å²) >= 11 is 0. The van der Waals surface area contributed by atoms with Crippen LogP contribution in [0.3, 0.4) is 0 Å². The van der Waals surface area contributed by atoms with E-state index in [2.05, 4.69) is 67.7 Å². The zero-order chi connectivity index (χ0) is 18.6. The van der Waals surface area contributed by atoms with Gasteiger partial charge < -0.3 is 5.32 Å². The summed E-state index contributed by atoms with van der Waals surface area (Å²) in [7, 11) is 0. The molecule has 0 aliphatic heterocycles. The van der Waals surface area contributed by atoms with Crippen LogP contribution in [0, 0.1) is 13.8 Å². The molecule has 4 rings (SSSR count). The van der Waals surface area contributed by atoms with Gasteiger partial charge in [0, 0.05) is 11.3 Å². The Kier molecular flexibility index (Phi) is 4.71. The van der Waals surface area contributed by atoms with Crippen LogP contribution in [0.15, 0.2) is 78.9 Å². The van der Waals surface area contributed by atoms with Crippen molar-refractivity contribution in [2.45, 2.75) is 20.4 Å². The quantitative estimate of drug-likeness (QED) is 0.525. The Morgan fingerprint density at radius 1 is 0.778 bits per heavy atom. The molecule has 4 heteroatoms. The molecule has 4 nitrogen and oxygen atoms in total. The van der Waals surface area contributed by atoms with E-state index in [1.807, 2.05) is 35.0 Å². The number of rotatable bonds is 5.